The lowest BCUT2D eigenvalue weighted by Crippen LogP contribution is -2.26. The molecule has 0 fully saturated rings. The molecule has 0 amide bonds. The molecule has 1 heterocycles. The number of aryl methyl sites for hydroxylation is 1. The zero-order valence-corrected chi connectivity index (χ0v) is 12.8. The minimum Gasteiger partial charge on any atom is -0.494 e. The molecule has 0 saturated carbocycles. The molecule has 5 heteroatoms. The molecule has 0 aliphatic carbocycles. The van der Waals surface area contributed by atoms with Crippen LogP contribution in [0.25, 0.3) is 0 Å². The molecule has 1 aromatic carbocycles. The largest absolute Gasteiger partial charge is 0.494 e. The fourth-order valence-electron chi connectivity index (χ4n) is 2.36. The molecule has 1 aromatic heterocycles. The number of halogens is 1. The lowest BCUT2D eigenvalue weighted by molar-refractivity contribution is 0.385. The lowest BCUT2D eigenvalue weighted by atomic mass is 10.0. The maximum atomic E-state index is 13.8. The van der Waals surface area contributed by atoms with Crippen molar-refractivity contribution in [2.24, 2.45) is 7.05 Å². The molecule has 0 saturated heterocycles. The van der Waals surface area contributed by atoms with Gasteiger partial charge in [0.15, 0.2) is 11.6 Å². The van der Waals surface area contributed by atoms with Gasteiger partial charge in [0.25, 0.3) is 0 Å². The van der Waals surface area contributed by atoms with Gasteiger partial charge < -0.3 is 14.6 Å². The number of ether oxygens (including phenoxy) is 1. The number of hydrogen-bond donors (Lipinski definition) is 1. The highest BCUT2D eigenvalue weighted by atomic mass is 19.1. The number of hydrogen-bond acceptors (Lipinski definition) is 3. The zero-order chi connectivity index (χ0) is 15.2. The number of nitrogens with one attached hydrogen (secondary N) is 1. The zero-order valence-electron chi connectivity index (χ0n) is 12.8. The van der Waals surface area contributed by atoms with E-state index in [-0.39, 0.29) is 17.6 Å². The summed E-state index contributed by atoms with van der Waals surface area (Å²) in [7, 11) is 3.44. The average Bonchev–Trinajstić information content (AvgIpc) is 2.90. The van der Waals surface area contributed by atoms with Crippen molar-refractivity contribution >= 4 is 0 Å². The van der Waals surface area contributed by atoms with E-state index in [2.05, 4.69) is 17.2 Å². The van der Waals surface area contributed by atoms with Crippen LogP contribution in [0.3, 0.4) is 0 Å². The molecule has 2 rings (SSSR count). The van der Waals surface area contributed by atoms with E-state index in [9.17, 15) is 4.39 Å². The summed E-state index contributed by atoms with van der Waals surface area (Å²) in [5, 5.41) is 3.47. The summed E-state index contributed by atoms with van der Waals surface area (Å²) < 4.78 is 20.8. The third kappa shape index (κ3) is 3.82. The Kier molecular flexibility index (Phi) is 5.33. The Balaban J connectivity index is 2.18. The Hall–Kier alpha value is -1.88. The number of rotatable bonds is 7. The predicted molar refractivity (Wildman–Crippen MR) is 80.9 cm³/mol. The first-order valence-corrected chi connectivity index (χ1v) is 7.18. The van der Waals surface area contributed by atoms with Crippen LogP contribution in [0.15, 0.2) is 30.6 Å². The number of nitrogens with zero attached hydrogens (tertiary/aromatic N) is 2. The van der Waals surface area contributed by atoms with Gasteiger partial charge in [0.2, 0.25) is 0 Å². The van der Waals surface area contributed by atoms with Crippen molar-refractivity contribution in [2.75, 3.05) is 13.7 Å². The molecule has 0 spiro atoms. The van der Waals surface area contributed by atoms with E-state index in [4.69, 9.17) is 4.74 Å². The highest BCUT2D eigenvalue weighted by Crippen LogP contribution is 2.22. The second kappa shape index (κ2) is 7.22. The molecule has 21 heavy (non-hydrogen) atoms. The Morgan fingerprint density at radius 1 is 1.43 bits per heavy atom. The van der Waals surface area contributed by atoms with Gasteiger partial charge in [-0.25, -0.2) is 9.37 Å². The van der Waals surface area contributed by atoms with Gasteiger partial charge in [-0.15, -0.1) is 0 Å². The molecule has 1 N–H and O–H groups in total. The summed E-state index contributed by atoms with van der Waals surface area (Å²) in [6.07, 6.45) is 5.43. The van der Waals surface area contributed by atoms with Crippen LogP contribution in [-0.2, 0) is 13.5 Å². The fourth-order valence-corrected chi connectivity index (χ4v) is 2.36. The van der Waals surface area contributed by atoms with Gasteiger partial charge in [-0.05, 0) is 37.1 Å². The second-order valence-electron chi connectivity index (χ2n) is 5.08. The SMILES string of the molecule is CCCNC(Cc1ccc(OC)c(F)c1)c1nccn1C. The average molecular weight is 291 g/mol. The highest BCUT2D eigenvalue weighted by molar-refractivity contribution is 5.30. The van der Waals surface area contributed by atoms with E-state index in [1.165, 1.54) is 13.2 Å². The standard InChI is InChI=1S/C16H22FN3O/c1-4-7-18-14(16-19-8-9-20(16)2)11-12-5-6-15(21-3)13(17)10-12/h5-6,8-10,14,18H,4,7,11H2,1-3H3. The van der Waals surface area contributed by atoms with E-state index in [0.29, 0.717) is 6.42 Å². The van der Waals surface area contributed by atoms with Crippen LogP contribution < -0.4 is 10.1 Å². The number of methoxy groups -OCH3 is 1. The van der Waals surface area contributed by atoms with Crippen molar-refractivity contribution in [1.29, 1.82) is 0 Å². The quantitative estimate of drug-likeness (QED) is 0.852. The van der Waals surface area contributed by atoms with Gasteiger partial charge in [0.1, 0.15) is 5.82 Å². The summed E-state index contributed by atoms with van der Waals surface area (Å²) in [6.45, 7) is 3.02. The first-order chi connectivity index (χ1) is 10.2. The smallest absolute Gasteiger partial charge is 0.165 e. The molecule has 0 bridgehead atoms. The summed E-state index contributed by atoms with van der Waals surface area (Å²) in [4.78, 5) is 4.40. The van der Waals surface area contributed by atoms with Gasteiger partial charge in [0.05, 0.1) is 13.2 Å². The normalized spacial score (nSPS) is 12.4. The first-order valence-electron chi connectivity index (χ1n) is 7.18. The molecule has 2 aromatic rings. The Bertz CT molecular complexity index is 583. The van der Waals surface area contributed by atoms with Crippen molar-refractivity contribution in [1.82, 2.24) is 14.9 Å². The Labute approximate surface area is 125 Å². The Morgan fingerprint density at radius 2 is 2.24 bits per heavy atom. The van der Waals surface area contributed by atoms with Crippen molar-refractivity contribution in [3.63, 3.8) is 0 Å². The maximum Gasteiger partial charge on any atom is 0.165 e. The highest BCUT2D eigenvalue weighted by Gasteiger charge is 2.16. The van der Waals surface area contributed by atoms with Crippen LogP contribution in [-0.4, -0.2) is 23.2 Å². The van der Waals surface area contributed by atoms with E-state index in [0.717, 1.165) is 24.4 Å². The van der Waals surface area contributed by atoms with Crippen molar-refractivity contribution in [3.05, 3.63) is 47.8 Å². The number of aromatic nitrogens is 2. The minimum atomic E-state index is -0.330. The number of benzene rings is 1. The van der Waals surface area contributed by atoms with E-state index in [1.54, 1.807) is 12.3 Å². The van der Waals surface area contributed by atoms with Gasteiger partial charge in [-0.2, -0.15) is 0 Å². The first kappa shape index (κ1) is 15.5. The molecule has 1 unspecified atom stereocenters. The van der Waals surface area contributed by atoms with Crippen LogP contribution in [0.1, 0.15) is 30.8 Å². The van der Waals surface area contributed by atoms with E-state index < -0.39 is 0 Å². The van der Waals surface area contributed by atoms with Gasteiger partial charge in [0, 0.05) is 19.4 Å². The summed E-state index contributed by atoms with van der Waals surface area (Å²) in [6, 6.07) is 5.16. The maximum absolute atomic E-state index is 13.8. The predicted octanol–water partition coefficient (Wildman–Crippen LogP) is 2.85. The molecular weight excluding hydrogens is 269 g/mol. The van der Waals surface area contributed by atoms with Crippen LogP contribution in [0.4, 0.5) is 4.39 Å². The molecule has 1 atom stereocenters. The van der Waals surface area contributed by atoms with Crippen molar-refractivity contribution < 1.29 is 9.13 Å². The van der Waals surface area contributed by atoms with E-state index >= 15 is 0 Å². The van der Waals surface area contributed by atoms with Gasteiger partial charge in [-0.3, -0.25) is 0 Å². The minimum absolute atomic E-state index is 0.0674. The van der Waals surface area contributed by atoms with Gasteiger partial charge in [-0.1, -0.05) is 13.0 Å². The molecule has 0 radical (unpaired) electrons. The van der Waals surface area contributed by atoms with Crippen LogP contribution in [0.5, 0.6) is 5.75 Å². The summed E-state index contributed by atoms with van der Waals surface area (Å²) >= 11 is 0. The molecular formula is C16H22FN3O. The summed E-state index contributed by atoms with van der Waals surface area (Å²) in [5.74, 6) is 0.901. The topological polar surface area (TPSA) is 39.1 Å². The van der Waals surface area contributed by atoms with Crippen LogP contribution >= 0.6 is 0 Å². The monoisotopic (exact) mass is 291 g/mol. The molecule has 4 nitrogen and oxygen atoms in total. The lowest BCUT2D eigenvalue weighted by Gasteiger charge is -2.18. The second-order valence-corrected chi connectivity index (χ2v) is 5.08. The van der Waals surface area contributed by atoms with Crippen LogP contribution in [0.2, 0.25) is 0 Å². The number of imidazole rings is 1. The van der Waals surface area contributed by atoms with Crippen molar-refractivity contribution in [2.45, 2.75) is 25.8 Å². The van der Waals surface area contributed by atoms with Crippen molar-refractivity contribution in [3.8, 4) is 5.75 Å². The van der Waals surface area contributed by atoms with Crippen LogP contribution in [0, 0.1) is 5.82 Å². The van der Waals surface area contributed by atoms with Gasteiger partial charge >= 0.3 is 0 Å². The molecule has 0 aliphatic heterocycles. The Morgan fingerprint density at radius 3 is 2.81 bits per heavy atom. The fraction of sp³-hybridized carbons (Fsp3) is 0.438. The molecule has 114 valence electrons. The third-order valence-corrected chi connectivity index (χ3v) is 3.47. The van der Waals surface area contributed by atoms with E-state index in [1.807, 2.05) is 23.9 Å². The summed E-state index contributed by atoms with van der Waals surface area (Å²) in [5.41, 5.74) is 0.921. The third-order valence-electron chi connectivity index (χ3n) is 3.47. The molecule has 0 aliphatic rings.